The van der Waals surface area contributed by atoms with Gasteiger partial charge in [-0.25, -0.2) is 4.99 Å². The van der Waals surface area contributed by atoms with Crippen LogP contribution in [-0.4, -0.2) is 5.84 Å². The summed E-state index contributed by atoms with van der Waals surface area (Å²) in [7, 11) is 0. The highest BCUT2D eigenvalue weighted by Crippen LogP contribution is 2.43. The Morgan fingerprint density at radius 2 is 0.926 bits per heavy atom. The van der Waals surface area contributed by atoms with E-state index in [2.05, 4.69) is 211 Å². The number of rotatable bonds is 6. The number of hydrogen-bond donors (Lipinski definition) is 2. The fourth-order valence-electron chi connectivity index (χ4n) is 8.28. The van der Waals surface area contributed by atoms with Crippen LogP contribution in [0.5, 0.6) is 0 Å². The van der Waals surface area contributed by atoms with Gasteiger partial charge in [0.25, 0.3) is 0 Å². The summed E-state index contributed by atoms with van der Waals surface area (Å²) in [6.45, 7) is 0. The Labute approximate surface area is 315 Å². The molecular weight excluding hydrogens is 655 g/mol. The van der Waals surface area contributed by atoms with E-state index >= 15 is 0 Å². The number of amidine groups is 1. The number of hydrogen-bond acceptors (Lipinski definition) is 3. The van der Waals surface area contributed by atoms with Gasteiger partial charge in [-0.1, -0.05) is 194 Å². The zero-order valence-electron chi connectivity index (χ0n) is 29.7. The van der Waals surface area contributed by atoms with Gasteiger partial charge in [-0.2, -0.15) is 0 Å². The Morgan fingerprint density at radius 1 is 0.370 bits per heavy atom. The van der Waals surface area contributed by atoms with Gasteiger partial charge in [0.1, 0.15) is 18.2 Å². The Balaban J connectivity index is 1.19. The molecule has 3 heteroatoms. The zero-order valence-corrected chi connectivity index (χ0v) is 29.7. The summed E-state index contributed by atoms with van der Waals surface area (Å²) in [6, 6.07) is 71.8. The minimum atomic E-state index is -0.326. The lowest BCUT2D eigenvalue weighted by atomic mass is 9.87. The predicted molar refractivity (Wildman–Crippen MR) is 226 cm³/mol. The highest BCUT2D eigenvalue weighted by molar-refractivity contribution is 6.20. The van der Waals surface area contributed by atoms with Gasteiger partial charge in [-0.15, -0.1) is 0 Å². The van der Waals surface area contributed by atoms with Crippen LogP contribution >= 0.6 is 0 Å². The van der Waals surface area contributed by atoms with Crippen molar-refractivity contribution < 1.29 is 0 Å². The zero-order chi connectivity index (χ0) is 35.8. The smallest absolute Gasteiger partial charge is 0.132 e. The molecule has 2 atom stereocenters. The molecule has 0 radical (unpaired) electrons. The molecule has 0 aromatic heterocycles. The van der Waals surface area contributed by atoms with Crippen LogP contribution in [0.4, 0.5) is 0 Å². The maximum absolute atomic E-state index is 5.50. The first-order valence-corrected chi connectivity index (χ1v) is 18.6. The molecule has 0 saturated heterocycles. The van der Waals surface area contributed by atoms with Crippen molar-refractivity contribution in [2.75, 3.05) is 0 Å². The van der Waals surface area contributed by atoms with Crippen LogP contribution in [0.15, 0.2) is 205 Å². The maximum atomic E-state index is 5.50. The van der Waals surface area contributed by atoms with Gasteiger partial charge in [0, 0.05) is 5.56 Å². The van der Waals surface area contributed by atoms with Crippen molar-refractivity contribution >= 4 is 38.2 Å². The van der Waals surface area contributed by atoms with Crippen LogP contribution in [0.25, 0.3) is 65.7 Å². The van der Waals surface area contributed by atoms with E-state index in [-0.39, 0.29) is 12.3 Å². The van der Waals surface area contributed by atoms with Crippen molar-refractivity contribution in [3.8, 4) is 33.4 Å². The Hall–Kier alpha value is -6.81. The van der Waals surface area contributed by atoms with Crippen LogP contribution in [0.3, 0.4) is 0 Å². The van der Waals surface area contributed by atoms with Crippen molar-refractivity contribution in [3.63, 3.8) is 0 Å². The third-order valence-corrected chi connectivity index (χ3v) is 10.8. The van der Waals surface area contributed by atoms with Gasteiger partial charge in [0.15, 0.2) is 0 Å². The van der Waals surface area contributed by atoms with Crippen molar-refractivity contribution in [1.82, 2.24) is 10.6 Å². The molecule has 10 rings (SSSR count). The molecule has 2 unspecified atom stereocenters. The molecule has 0 spiro atoms. The lowest BCUT2D eigenvalue weighted by molar-refractivity contribution is 0.410. The molecule has 0 fully saturated rings. The van der Waals surface area contributed by atoms with E-state index in [1.165, 1.54) is 49.0 Å². The number of aliphatic imine (C=N–C) groups is 1. The lowest BCUT2D eigenvalue weighted by Gasteiger charge is -2.34. The molecular formula is C51H37N3. The topological polar surface area (TPSA) is 36.4 Å². The quantitative estimate of drug-likeness (QED) is 0.134. The minimum Gasteiger partial charge on any atom is -0.350 e. The Bertz CT molecular complexity index is 2840. The summed E-state index contributed by atoms with van der Waals surface area (Å²) in [5.74, 6) is 0.856. The summed E-state index contributed by atoms with van der Waals surface area (Å²) in [5.41, 5.74) is 10.4. The minimum absolute atomic E-state index is 0.263. The summed E-state index contributed by atoms with van der Waals surface area (Å²) in [4.78, 5) is 5.50. The van der Waals surface area contributed by atoms with Crippen LogP contribution in [0.1, 0.15) is 29.0 Å². The lowest BCUT2D eigenvalue weighted by Crippen LogP contribution is -2.45. The van der Waals surface area contributed by atoms with Crippen molar-refractivity contribution in [2.24, 2.45) is 4.99 Å². The number of nitrogens with zero attached hydrogens (tertiary/aromatic N) is 1. The molecule has 1 aliphatic rings. The fourth-order valence-corrected chi connectivity index (χ4v) is 8.28. The Kier molecular flexibility index (Phi) is 8.05. The first-order valence-electron chi connectivity index (χ1n) is 18.6. The molecule has 0 saturated carbocycles. The van der Waals surface area contributed by atoms with Crippen molar-refractivity contribution in [1.29, 1.82) is 0 Å². The van der Waals surface area contributed by atoms with E-state index in [0.29, 0.717) is 0 Å². The van der Waals surface area contributed by atoms with E-state index in [9.17, 15) is 0 Å². The molecule has 9 aromatic carbocycles. The molecule has 9 aromatic rings. The van der Waals surface area contributed by atoms with Gasteiger partial charge in [-0.05, 0) is 82.9 Å². The summed E-state index contributed by atoms with van der Waals surface area (Å²) in [6.07, 6.45) is -0.589. The molecule has 0 aliphatic carbocycles. The number of benzene rings is 9. The standard InChI is InChI=1S/C51H37N3/c1-3-17-34(18-4-1)38-23-11-14-28-44(38)49-52-50(45-29-15-12-24-39(45)35-19-5-2-6-20-35)54-51(53-49)46-30-16-13-27-42(46)48-41-26-10-8-22-37(41)33-47-40-25-9-7-21-36(40)31-32-43(47)48/h1-33,49,51,53H,(H,52,54). The van der Waals surface area contributed by atoms with Crippen LogP contribution < -0.4 is 10.6 Å². The Morgan fingerprint density at radius 3 is 1.69 bits per heavy atom. The summed E-state index contributed by atoms with van der Waals surface area (Å²) in [5, 5.41) is 15.4. The third-order valence-electron chi connectivity index (χ3n) is 10.8. The molecule has 3 nitrogen and oxygen atoms in total. The molecule has 256 valence electrons. The molecule has 0 amide bonds. The van der Waals surface area contributed by atoms with Gasteiger partial charge < -0.3 is 5.32 Å². The normalized spacial score (nSPS) is 15.6. The van der Waals surface area contributed by atoms with Crippen LogP contribution in [0, 0.1) is 0 Å². The predicted octanol–water partition coefficient (Wildman–Crippen LogP) is 12.5. The van der Waals surface area contributed by atoms with E-state index in [1.807, 2.05) is 0 Å². The SMILES string of the molecule is c1ccc(-c2ccccc2C2=NC(c3ccccc3-c3ccccc3)NC(c3ccccc3-c3c4ccccc4cc4c3ccc3ccccc34)N2)cc1. The maximum Gasteiger partial charge on any atom is 0.132 e. The van der Waals surface area contributed by atoms with E-state index in [0.717, 1.165) is 39.2 Å². The van der Waals surface area contributed by atoms with Gasteiger partial charge >= 0.3 is 0 Å². The number of fused-ring (bicyclic) bond motifs is 4. The average Bonchev–Trinajstić information content (AvgIpc) is 3.26. The van der Waals surface area contributed by atoms with E-state index in [1.54, 1.807) is 0 Å². The monoisotopic (exact) mass is 691 g/mol. The molecule has 54 heavy (non-hydrogen) atoms. The molecule has 1 heterocycles. The summed E-state index contributed by atoms with van der Waals surface area (Å²) >= 11 is 0. The van der Waals surface area contributed by atoms with Crippen molar-refractivity contribution in [3.05, 3.63) is 217 Å². The highest BCUT2D eigenvalue weighted by atomic mass is 15.3. The van der Waals surface area contributed by atoms with Crippen LogP contribution in [0.2, 0.25) is 0 Å². The summed E-state index contributed by atoms with van der Waals surface area (Å²) < 4.78 is 0. The number of nitrogens with one attached hydrogen (secondary N) is 2. The van der Waals surface area contributed by atoms with Gasteiger partial charge in [0.05, 0.1) is 0 Å². The van der Waals surface area contributed by atoms with Gasteiger partial charge in [-0.3, -0.25) is 5.32 Å². The molecule has 1 aliphatic heterocycles. The largest absolute Gasteiger partial charge is 0.350 e. The first-order chi connectivity index (χ1) is 26.8. The van der Waals surface area contributed by atoms with E-state index < -0.39 is 0 Å². The van der Waals surface area contributed by atoms with Crippen molar-refractivity contribution in [2.45, 2.75) is 12.3 Å². The average molecular weight is 692 g/mol. The second-order valence-electron chi connectivity index (χ2n) is 13.9. The fraction of sp³-hybridized carbons (Fsp3) is 0.0392. The first kappa shape index (κ1) is 31.9. The molecule has 2 N–H and O–H groups in total. The second-order valence-corrected chi connectivity index (χ2v) is 13.9. The highest BCUT2D eigenvalue weighted by Gasteiger charge is 2.30. The van der Waals surface area contributed by atoms with E-state index in [4.69, 9.17) is 4.99 Å². The second kappa shape index (κ2) is 13.6. The van der Waals surface area contributed by atoms with Gasteiger partial charge in [0.2, 0.25) is 0 Å². The van der Waals surface area contributed by atoms with Crippen LogP contribution in [-0.2, 0) is 0 Å². The third kappa shape index (κ3) is 5.63. The molecule has 0 bridgehead atoms.